The quantitative estimate of drug-likeness (QED) is 0.726. The molecule has 0 aliphatic carbocycles. The Hall–Kier alpha value is -2.13. The third-order valence-corrected chi connectivity index (χ3v) is 5.34. The summed E-state index contributed by atoms with van der Waals surface area (Å²) < 4.78 is 40.6. The average molecular weight is 472 g/mol. The van der Waals surface area contributed by atoms with E-state index in [1.54, 1.807) is 18.3 Å². The molecule has 29 heavy (non-hydrogen) atoms. The zero-order valence-corrected chi connectivity index (χ0v) is 17.2. The van der Waals surface area contributed by atoms with Gasteiger partial charge in [-0.2, -0.15) is 13.2 Å². The fourth-order valence-electron chi connectivity index (χ4n) is 3.39. The summed E-state index contributed by atoms with van der Waals surface area (Å²) in [7, 11) is 0. The average Bonchev–Trinajstić information content (AvgIpc) is 2.66. The van der Waals surface area contributed by atoms with Crippen LogP contribution in [-0.4, -0.2) is 34.5 Å². The maximum Gasteiger partial charge on any atom is 0.416 e. The lowest BCUT2D eigenvalue weighted by atomic mass is 10.0. The number of hydrogen-bond donors (Lipinski definition) is 1. The molecule has 0 atom stereocenters. The summed E-state index contributed by atoms with van der Waals surface area (Å²) in [5, 5.41) is 2.94. The number of carbonyl (C=O) groups is 1. The van der Waals surface area contributed by atoms with Crippen molar-refractivity contribution in [1.82, 2.24) is 14.8 Å². The molecule has 1 fully saturated rings. The third kappa shape index (κ3) is 6.17. The van der Waals surface area contributed by atoms with Crippen LogP contribution in [0.5, 0.6) is 0 Å². The van der Waals surface area contributed by atoms with Crippen LogP contribution >= 0.6 is 15.9 Å². The third-order valence-electron chi connectivity index (χ3n) is 4.87. The molecule has 2 aromatic rings. The summed E-state index contributed by atoms with van der Waals surface area (Å²) in [5.41, 5.74) is -0.268. The number of pyridine rings is 1. The van der Waals surface area contributed by atoms with E-state index in [0.717, 1.165) is 6.07 Å². The standard InChI is InChI=1S/C20H21BrF3N3O2/c21-16-4-5-19(29)27(12-16)13-18(28)25-17-6-8-26(9-7-17)11-14-2-1-3-15(10-14)20(22,23)24/h1-5,10,12,17H,6-9,11,13H2,(H,25,28). The van der Waals surface area contributed by atoms with Gasteiger partial charge >= 0.3 is 6.18 Å². The SMILES string of the molecule is O=C(Cn1cc(Br)ccc1=O)NC1CCN(Cc2cccc(C(F)(F)F)c2)CC1. The Bertz CT molecular complexity index is 922. The Morgan fingerprint density at radius 2 is 1.90 bits per heavy atom. The Balaban J connectivity index is 1.49. The molecule has 1 aliphatic heterocycles. The van der Waals surface area contributed by atoms with Gasteiger partial charge in [0, 0.05) is 42.4 Å². The lowest BCUT2D eigenvalue weighted by Gasteiger charge is -2.32. The van der Waals surface area contributed by atoms with Crippen molar-refractivity contribution in [2.75, 3.05) is 13.1 Å². The fourth-order valence-corrected chi connectivity index (χ4v) is 3.77. The highest BCUT2D eigenvalue weighted by Crippen LogP contribution is 2.30. The lowest BCUT2D eigenvalue weighted by molar-refractivity contribution is -0.137. The number of halogens is 4. The van der Waals surface area contributed by atoms with E-state index >= 15 is 0 Å². The van der Waals surface area contributed by atoms with Gasteiger partial charge in [0.25, 0.3) is 5.56 Å². The highest BCUT2D eigenvalue weighted by atomic mass is 79.9. The molecule has 1 aliphatic rings. The van der Waals surface area contributed by atoms with Crippen molar-refractivity contribution in [3.8, 4) is 0 Å². The summed E-state index contributed by atoms with van der Waals surface area (Å²) in [5.74, 6) is -0.235. The summed E-state index contributed by atoms with van der Waals surface area (Å²) in [6.07, 6.45) is -1.36. The predicted molar refractivity (Wildman–Crippen MR) is 106 cm³/mol. The Labute approximate surface area is 174 Å². The number of carbonyl (C=O) groups excluding carboxylic acids is 1. The molecule has 1 amide bonds. The van der Waals surface area contributed by atoms with E-state index < -0.39 is 11.7 Å². The van der Waals surface area contributed by atoms with Crippen molar-refractivity contribution in [2.45, 2.75) is 38.1 Å². The van der Waals surface area contributed by atoms with Crippen LogP contribution in [0.25, 0.3) is 0 Å². The van der Waals surface area contributed by atoms with Gasteiger partial charge in [0.05, 0.1) is 5.56 Å². The van der Waals surface area contributed by atoms with Crippen LogP contribution in [0.4, 0.5) is 13.2 Å². The number of rotatable bonds is 5. The largest absolute Gasteiger partial charge is 0.416 e. The van der Waals surface area contributed by atoms with Gasteiger partial charge in [-0.05, 0) is 46.5 Å². The Morgan fingerprint density at radius 1 is 1.17 bits per heavy atom. The van der Waals surface area contributed by atoms with Crippen LogP contribution in [0.2, 0.25) is 0 Å². The number of amides is 1. The molecule has 0 unspecified atom stereocenters. The van der Waals surface area contributed by atoms with Crippen molar-refractivity contribution in [1.29, 1.82) is 0 Å². The number of piperidine rings is 1. The van der Waals surface area contributed by atoms with Crippen molar-refractivity contribution in [3.05, 3.63) is 68.5 Å². The van der Waals surface area contributed by atoms with E-state index in [2.05, 4.69) is 26.1 Å². The molecule has 156 valence electrons. The minimum Gasteiger partial charge on any atom is -0.352 e. The van der Waals surface area contributed by atoms with Gasteiger partial charge < -0.3 is 9.88 Å². The Kier molecular flexibility index (Phi) is 6.79. The van der Waals surface area contributed by atoms with Crippen LogP contribution in [0.3, 0.4) is 0 Å². The second kappa shape index (κ2) is 9.13. The highest BCUT2D eigenvalue weighted by molar-refractivity contribution is 9.10. The first-order chi connectivity index (χ1) is 13.7. The van der Waals surface area contributed by atoms with E-state index in [1.165, 1.54) is 22.8 Å². The van der Waals surface area contributed by atoms with Crippen LogP contribution < -0.4 is 10.9 Å². The summed E-state index contributed by atoms with van der Waals surface area (Å²) in [6, 6.07) is 8.38. The normalized spacial score (nSPS) is 16.0. The maximum atomic E-state index is 12.8. The molecule has 1 aromatic carbocycles. The van der Waals surface area contributed by atoms with Gasteiger partial charge in [0.15, 0.2) is 0 Å². The molecular weight excluding hydrogens is 451 g/mol. The molecule has 1 N–H and O–H groups in total. The van der Waals surface area contributed by atoms with Crippen molar-refractivity contribution in [3.63, 3.8) is 0 Å². The van der Waals surface area contributed by atoms with E-state index in [4.69, 9.17) is 0 Å². The fraction of sp³-hybridized carbons (Fsp3) is 0.400. The predicted octanol–water partition coefficient (Wildman–Crippen LogP) is 3.41. The topological polar surface area (TPSA) is 54.3 Å². The number of benzene rings is 1. The smallest absolute Gasteiger partial charge is 0.352 e. The van der Waals surface area contributed by atoms with E-state index in [0.29, 0.717) is 42.5 Å². The first-order valence-electron chi connectivity index (χ1n) is 9.24. The number of likely N-dealkylation sites (tertiary alicyclic amines) is 1. The molecule has 9 heteroatoms. The first kappa shape index (κ1) is 21.6. The number of nitrogens with zero attached hydrogens (tertiary/aromatic N) is 2. The summed E-state index contributed by atoms with van der Waals surface area (Å²) in [6.45, 7) is 1.75. The van der Waals surface area contributed by atoms with Gasteiger partial charge in [0.2, 0.25) is 5.91 Å². The van der Waals surface area contributed by atoms with E-state index in [9.17, 15) is 22.8 Å². The summed E-state index contributed by atoms with van der Waals surface area (Å²) in [4.78, 5) is 26.1. The van der Waals surface area contributed by atoms with E-state index in [1.807, 2.05) is 0 Å². The molecule has 2 heterocycles. The van der Waals surface area contributed by atoms with Gasteiger partial charge in [0.1, 0.15) is 6.54 Å². The molecule has 1 saturated heterocycles. The van der Waals surface area contributed by atoms with Crippen molar-refractivity contribution in [2.24, 2.45) is 0 Å². The van der Waals surface area contributed by atoms with Crippen LogP contribution in [0.1, 0.15) is 24.0 Å². The van der Waals surface area contributed by atoms with Gasteiger partial charge in [-0.25, -0.2) is 0 Å². The maximum absolute atomic E-state index is 12.8. The molecule has 3 rings (SSSR count). The Morgan fingerprint density at radius 3 is 2.59 bits per heavy atom. The van der Waals surface area contributed by atoms with E-state index in [-0.39, 0.29) is 24.1 Å². The minimum atomic E-state index is -4.34. The zero-order valence-electron chi connectivity index (χ0n) is 15.6. The van der Waals surface area contributed by atoms with Crippen LogP contribution in [-0.2, 0) is 24.1 Å². The number of nitrogens with one attached hydrogen (secondary N) is 1. The molecule has 0 spiro atoms. The highest BCUT2D eigenvalue weighted by Gasteiger charge is 2.30. The molecule has 1 aromatic heterocycles. The summed E-state index contributed by atoms with van der Waals surface area (Å²) >= 11 is 3.27. The molecule has 0 radical (unpaired) electrons. The monoisotopic (exact) mass is 471 g/mol. The van der Waals surface area contributed by atoms with Crippen LogP contribution in [0, 0.1) is 0 Å². The van der Waals surface area contributed by atoms with Crippen molar-refractivity contribution < 1.29 is 18.0 Å². The first-order valence-corrected chi connectivity index (χ1v) is 10.0. The van der Waals surface area contributed by atoms with Gasteiger partial charge in [-0.1, -0.05) is 18.2 Å². The second-order valence-corrected chi connectivity index (χ2v) is 8.05. The molecule has 5 nitrogen and oxygen atoms in total. The molecule has 0 bridgehead atoms. The zero-order chi connectivity index (χ0) is 21.0. The van der Waals surface area contributed by atoms with Crippen molar-refractivity contribution >= 4 is 21.8 Å². The lowest BCUT2D eigenvalue weighted by Crippen LogP contribution is -2.45. The van der Waals surface area contributed by atoms with Gasteiger partial charge in [-0.3, -0.25) is 14.5 Å². The number of aromatic nitrogens is 1. The van der Waals surface area contributed by atoms with Crippen LogP contribution in [0.15, 0.2) is 51.9 Å². The second-order valence-electron chi connectivity index (χ2n) is 7.13. The molecule has 0 saturated carbocycles. The minimum absolute atomic E-state index is 0.0110. The molecular formula is C20H21BrF3N3O2. The number of alkyl halides is 3. The number of hydrogen-bond acceptors (Lipinski definition) is 3. The van der Waals surface area contributed by atoms with Gasteiger partial charge in [-0.15, -0.1) is 0 Å².